The van der Waals surface area contributed by atoms with Gasteiger partial charge in [0, 0.05) is 12.8 Å². The maximum absolute atomic E-state index is 13.1. The molecule has 1 heterocycles. The second-order valence-corrected chi connectivity index (χ2v) is 28.1. The number of esters is 1. The molecule has 0 radical (unpaired) electrons. The van der Waals surface area contributed by atoms with Gasteiger partial charge in [-0.05, 0) is 103 Å². The Labute approximate surface area is 579 Å². The number of hydrogen-bond acceptors (Lipinski definition) is 10. The number of hydrogen-bond donors (Lipinski definition) is 6. The molecule has 7 atom stereocenters. The van der Waals surface area contributed by atoms with Crippen molar-refractivity contribution in [3.63, 3.8) is 0 Å². The van der Waals surface area contributed by atoms with Crippen LogP contribution >= 0.6 is 0 Å². The highest BCUT2D eigenvalue weighted by atomic mass is 16.7. The second-order valence-electron chi connectivity index (χ2n) is 28.1. The van der Waals surface area contributed by atoms with E-state index < -0.39 is 49.5 Å². The van der Waals surface area contributed by atoms with E-state index in [2.05, 4.69) is 67.8 Å². The van der Waals surface area contributed by atoms with E-state index in [-0.39, 0.29) is 18.5 Å². The van der Waals surface area contributed by atoms with E-state index in [1.165, 1.54) is 302 Å². The molecule has 7 unspecified atom stereocenters. The van der Waals surface area contributed by atoms with Gasteiger partial charge in [-0.25, -0.2) is 0 Å². The van der Waals surface area contributed by atoms with Gasteiger partial charge in [0.15, 0.2) is 6.29 Å². The molecule has 1 saturated heterocycles. The number of unbranched alkanes of at least 4 members (excludes halogenated alkanes) is 50. The monoisotopic (exact) mass is 1320 g/mol. The van der Waals surface area contributed by atoms with Crippen molar-refractivity contribution >= 4 is 11.9 Å². The van der Waals surface area contributed by atoms with Gasteiger partial charge in [-0.15, -0.1) is 0 Å². The standard InChI is InChI=1S/C83H153NO10/c1-3-5-7-9-11-13-15-17-46-49-53-57-61-65-69-76(86)75(74-93-83-82(91)81(90)80(89)77(73-85)94-83)84-78(87)70-66-62-58-54-50-47-43-41-39-37-35-33-31-29-27-25-23-21-19-18-20-22-24-26-28-30-32-34-36-38-40-42-44-48-52-56-60-64-68-72-92-79(88)71-67-63-59-55-51-45-16-14-12-10-8-6-4-2/h14,16,18-19,22,24,49,53,65,69,75-77,80-83,85-86,89-91H,3-13,15,17,20-21,23,25-48,50-52,54-64,66-68,70-74H2,1-2H3,(H,84,87)/b16-14-,19-18-,24-22-,53-49+,69-65+. The number of rotatable bonds is 72. The molecule has 11 nitrogen and oxygen atoms in total. The summed E-state index contributed by atoms with van der Waals surface area (Å²) in [6.45, 7) is 4.35. The molecule has 550 valence electrons. The maximum atomic E-state index is 13.1. The third-order valence-corrected chi connectivity index (χ3v) is 19.1. The van der Waals surface area contributed by atoms with Crippen LogP contribution in [-0.2, 0) is 23.8 Å². The number of allylic oxidation sites excluding steroid dienone is 9. The van der Waals surface area contributed by atoms with Crippen LogP contribution in [-0.4, -0.2) is 100 Å². The molecule has 1 rings (SSSR count). The quantitative estimate of drug-likeness (QED) is 0.0195. The summed E-state index contributed by atoms with van der Waals surface area (Å²) < 4.78 is 16.8. The smallest absolute Gasteiger partial charge is 0.305 e. The van der Waals surface area contributed by atoms with E-state index in [9.17, 15) is 35.1 Å². The number of aliphatic hydroxyl groups excluding tert-OH is 5. The van der Waals surface area contributed by atoms with Crippen molar-refractivity contribution < 1.29 is 49.3 Å². The zero-order valence-electron chi connectivity index (χ0n) is 61.4. The van der Waals surface area contributed by atoms with Gasteiger partial charge in [-0.1, -0.05) is 338 Å². The molecule has 0 aromatic carbocycles. The third-order valence-electron chi connectivity index (χ3n) is 19.1. The number of ether oxygens (including phenoxy) is 3. The molecular formula is C83H153NO10. The molecule has 0 aromatic rings. The Hall–Kier alpha value is -2.64. The number of aliphatic hydroxyl groups is 5. The van der Waals surface area contributed by atoms with Crippen molar-refractivity contribution in [2.75, 3.05) is 19.8 Å². The Morgan fingerprint density at radius 1 is 0.394 bits per heavy atom. The van der Waals surface area contributed by atoms with Crippen LogP contribution in [0.5, 0.6) is 0 Å². The average Bonchev–Trinajstić information content (AvgIpc) is 0.844. The predicted molar refractivity (Wildman–Crippen MR) is 398 cm³/mol. The van der Waals surface area contributed by atoms with E-state index in [1.54, 1.807) is 6.08 Å². The molecule has 1 amide bonds. The van der Waals surface area contributed by atoms with E-state index >= 15 is 0 Å². The van der Waals surface area contributed by atoms with Crippen LogP contribution in [0.15, 0.2) is 60.8 Å². The fraction of sp³-hybridized carbons (Fsp3) is 0.855. The second kappa shape index (κ2) is 71.6. The molecule has 0 bridgehead atoms. The maximum Gasteiger partial charge on any atom is 0.305 e. The SMILES string of the molecule is CCCCCC/C=C\CCCCCCCC(=O)OCCCCCCCCCCCCCCCCC/C=C\C/C=C\CCCCCCCCCCCCCCCCCCCC(=O)NC(COC1OC(CO)C(O)C(O)C1O)C(O)/C=C/CC/C=C/CCCCCCCCCC. The largest absolute Gasteiger partial charge is 0.466 e. The van der Waals surface area contributed by atoms with Crippen LogP contribution in [0.2, 0.25) is 0 Å². The third kappa shape index (κ3) is 59.4. The van der Waals surface area contributed by atoms with Crippen LogP contribution < -0.4 is 5.32 Å². The lowest BCUT2D eigenvalue weighted by molar-refractivity contribution is -0.302. The number of nitrogens with one attached hydrogen (secondary N) is 1. The molecule has 0 saturated carbocycles. The predicted octanol–water partition coefficient (Wildman–Crippen LogP) is 22.0. The van der Waals surface area contributed by atoms with E-state index in [0.717, 1.165) is 64.2 Å². The van der Waals surface area contributed by atoms with Gasteiger partial charge in [0.2, 0.25) is 5.91 Å². The first-order valence-corrected chi connectivity index (χ1v) is 40.6. The normalized spacial score (nSPS) is 17.7. The fourth-order valence-electron chi connectivity index (χ4n) is 12.7. The van der Waals surface area contributed by atoms with Gasteiger partial charge < -0.3 is 45.1 Å². The number of carbonyl (C=O) groups is 2. The van der Waals surface area contributed by atoms with Crippen LogP contribution in [0.3, 0.4) is 0 Å². The lowest BCUT2D eigenvalue weighted by atomic mass is 9.99. The van der Waals surface area contributed by atoms with Gasteiger partial charge in [0.25, 0.3) is 0 Å². The summed E-state index contributed by atoms with van der Waals surface area (Å²) >= 11 is 0. The minimum atomic E-state index is -1.58. The molecule has 6 N–H and O–H groups in total. The van der Waals surface area contributed by atoms with Gasteiger partial charge in [0.05, 0.1) is 32.0 Å². The van der Waals surface area contributed by atoms with Crippen LogP contribution in [0.1, 0.15) is 393 Å². The Bertz CT molecular complexity index is 1750. The number of amides is 1. The molecule has 0 aromatic heterocycles. The Morgan fingerprint density at radius 3 is 1.13 bits per heavy atom. The number of carbonyl (C=O) groups excluding carboxylic acids is 2. The minimum Gasteiger partial charge on any atom is -0.466 e. The van der Waals surface area contributed by atoms with Crippen LogP contribution in [0.4, 0.5) is 0 Å². The van der Waals surface area contributed by atoms with E-state index in [4.69, 9.17) is 14.2 Å². The molecule has 1 fully saturated rings. The van der Waals surface area contributed by atoms with Crippen molar-refractivity contribution in [2.24, 2.45) is 0 Å². The minimum absolute atomic E-state index is 0.00532. The van der Waals surface area contributed by atoms with Crippen LogP contribution in [0, 0.1) is 0 Å². The van der Waals surface area contributed by atoms with E-state index in [1.807, 2.05) is 6.08 Å². The summed E-state index contributed by atoms with van der Waals surface area (Å²) in [5.41, 5.74) is 0. The van der Waals surface area contributed by atoms with Crippen molar-refractivity contribution in [3.05, 3.63) is 60.8 Å². The zero-order chi connectivity index (χ0) is 67.9. The van der Waals surface area contributed by atoms with Crippen molar-refractivity contribution in [3.8, 4) is 0 Å². The lowest BCUT2D eigenvalue weighted by Gasteiger charge is -2.40. The first-order chi connectivity index (χ1) is 46.2. The molecule has 1 aliphatic rings. The molecule has 11 heteroatoms. The first kappa shape index (κ1) is 89.4. The topological polar surface area (TPSA) is 175 Å². The van der Waals surface area contributed by atoms with Crippen molar-refractivity contribution in [1.29, 1.82) is 0 Å². The lowest BCUT2D eigenvalue weighted by Crippen LogP contribution is -2.60. The molecule has 1 aliphatic heterocycles. The van der Waals surface area contributed by atoms with Gasteiger partial charge in [-0.2, -0.15) is 0 Å². The molecule has 0 aliphatic carbocycles. The zero-order valence-corrected chi connectivity index (χ0v) is 61.4. The average molecular weight is 1330 g/mol. The summed E-state index contributed by atoms with van der Waals surface area (Å²) in [7, 11) is 0. The summed E-state index contributed by atoms with van der Waals surface area (Å²) in [6.07, 6.45) is 86.8. The summed E-state index contributed by atoms with van der Waals surface area (Å²) in [5.74, 6) is -0.182. The summed E-state index contributed by atoms with van der Waals surface area (Å²) in [6, 6.07) is -0.826. The van der Waals surface area contributed by atoms with Gasteiger partial charge in [0.1, 0.15) is 24.4 Å². The van der Waals surface area contributed by atoms with Crippen LogP contribution in [0.25, 0.3) is 0 Å². The van der Waals surface area contributed by atoms with Crippen molar-refractivity contribution in [2.45, 2.75) is 436 Å². The molecular weight excluding hydrogens is 1170 g/mol. The first-order valence-electron chi connectivity index (χ1n) is 40.6. The fourth-order valence-corrected chi connectivity index (χ4v) is 12.7. The highest BCUT2D eigenvalue weighted by Gasteiger charge is 2.44. The Balaban J connectivity index is 1.92. The Morgan fingerprint density at radius 2 is 0.723 bits per heavy atom. The molecule has 0 spiro atoms. The highest BCUT2D eigenvalue weighted by Crippen LogP contribution is 2.24. The van der Waals surface area contributed by atoms with E-state index in [0.29, 0.717) is 19.4 Å². The summed E-state index contributed by atoms with van der Waals surface area (Å²) in [4.78, 5) is 25.2. The highest BCUT2D eigenvalue weighted by molar-refractivity contribution is 5.76. The van der Waals surface area contributed by atoms with Gasteiger partial charge >= 0.3 is 5.97 Å². The Kier molecular flexibility index (Phi) is 68.1. The van der Waals surface area contributed by atoms with Crippen molar-refractivity contribution in [1.82, 2.24) is 5.32 Å². The van der Waals surface area contributed by atoms with Gasteiger partial charge in [-0.3, -0.25) is 9.59 Å². The molecule has 94 heavy (non-hydrogen) atoms. The summed E-state index contributed by atoms with van der Waals surface area (Å²) in [5, 5.41) is 54.6.